The zero-order valence-electron chi connectivity index (χ0n) is 11.7. The van der Waals surface area contributed by atoms with E-state index in [9.17, 15) is 22.8 Å². The van der Waals surface area contributed by atoms with Crippen LogP contribution in [0.3, 0.4) is 0 Å². The lowest BCUT2D eigenvalue weighted by atomic mass is 10.2. The van der Waals surface area contributed by atoms with Gasteiger partial charge in [0.1, 0.15) is 0 Å². The van der Waals surface area contributed by atoms with Gasteiger partial charge < -0.3 is 10.6 Å². The summed E-state index contributed by atoms with van der Waals surface area (Å²) < 4.78 is 39.1. The van der Waals surface area contributed by atoms with Crippen LogP contribution in [0.5, 0.6) is 0 Å². The van der Waals surface area contributed by atoms with Crippen LogP contribution in [-0.2, 0) is 9.59 Å². The van der Waals surface area contributed by atoms with E-state index in [0.29, 0.717) is 13.1 Å². The second-order valence-electron chi connectivity index (χ2n) is 4.49. The topological polar surface area (TPSA) is 61.4 Å². The van der Waals surface area contributed by atoms with E-state index in [2.05, 4.69) is 10.6 Å². The minimum atomic E-state index is -1.63. The molecule has 1 aromatic carbocycles. The molecule has 0 radical (unpaired) electrons. The van der Waals surface area contributed by atoms with Gasteiger partial charge in [0.25, 0.3) is 0 Å². The molecule has 0 saturated carbocycles. The van der Waals surface area contributed by atoms with Gasteiger partial charge in [0.05, 0.1) is 12.2 Å². The standard InChI is InChI=1S/C13H16F3N3O2/c1-8(20)17-5-6-19(2)7-11(21)18-10-4-3-9(14)12(15)13(10)16/h3-4H,5-7H2,1-2H3,(H,17,20)(H,18,21). The van der Waals surface area contributed by atoms with E-state index in [1.54, 1.807) is 11.9 Å². The first-order valence-corrected chi connectivity index (χ1v) is 6.17. The minimum Gasteiger partial charge on any atom is -0.355 e. The number of nitrogens with one attached hydrogen (secondary N) is 2. The summed E-state index contributed by atoms with van der Waals surface area (Å²) in [5, 5.41) is 4.72. The molecule has 116 valence electrons. The van der Waals surface area contributed by atoms with Crippen molar-refractivity contribution in [2.24, 2.45) is 0 Å². The van der Waals surface area contributed by atoms with E-state index in [0.717, 1.165) is 12.1 Å². The van der Waals surface area contributed by atoms with Crippen LogP contribution < -0.4 is 10.6 Å². The fraction of sp³-hybridized carbons (Fsp3) is 0.385. The lowest BCUT2D eigenvalue weighted by molar-refractivity contribution is -0.118. The lowest BCUT2D eigenvalue weighted by Gasteiger charge is -2.16. The maximum absolute atomic E-state index is 13.4. The lowest BCUT2D eigenvalue weighted by Crippen LogP contribution is -2.36. The number of amides is 2. The van der Waals surface area contributed by atoms with Gasteiger partial charge in [-0.25, -0.2) is 13.2 Å². The average Bonchev–Trinajstić information content (AvgIpc) is 2.39. The molecule has 5 nitrogen and oxygen atoms in total. The Bertz CT molecular complexity index is 538. The third-order valence-corrected chi connectivity index (χ3v) is 2.59. The monoisotopic (exact) mass is 303 g/mol. The van der Waals surface area contributed by atoms with Gasteiger partial charge in [0, 0.05) is 20.0 Å². The summed E-state index contributed by atoms with van der Waals surface area (Å²) in [4.78, 5) is 23.9. The summed E-state index contributed by atoms with van der Waals surface area (Å²) in [6, 6.07) is 1.68. The molecule has 2 N–H and O–H groups in total. The number of likely N-dealkylation sites (N-methyl/N-ethyl adjacent to an activating group) is 1. The molecule has 0 aliphatic rings. The van der Waals surface area contributed by atoms with Gasteiger partial charge in [-0.2, -0.15) is 0 Å². The van der Waals surface area contributed by atoms with Crippen molar-refractivity contribution < 1.29 is 22.8 Å². The summed E-state index contributed by atoms with van der Waals surface area (Å²) in [5.74, 6) is -5.16. The largest absolute Gasteiger partial charge is 0.355 e. The van der Waals surface area contributed by atoms with Crippen LogP contribution in [0.25, 0.3) is 0 Å². The van der Waals surface area contributed by atoms with Crippen molar-refractivity contribution in [1.29, 1.82) is 0 Å². The number of nitrogens with zero attached hydrogens (tertiary/aromatic N) is 1. The van der Waals surface area contributed by atoms with Gasteiger partial charge in [0.2, 0.25) is 11.8 Å². The maximum atomic E-state index is 13.4. The van der Waals surface area contributed by atoms with E-state index >= 15 is 0 Å². The molecule has 0 aliphatic heterocycles. The number of hydrogen-bond acceptors (Lipinski definition) is 3. The molecule has 0 aromatic heterocycles. The average molecular weight is 303 g/mol. The molecule has 1 rings (SSSR count). The van der Waals surface area contributed by atoms with Crippen LogP contribution in [-0.4, -0.2) is 43.4 Å². The Kier molecular flexibility index (Phi) is 6.16. The molecule has 0 atom stereocenters. The van der Waals surface area contributed by atoms with Crippen LogP contribution in [0.2, 0.25) is 0 Å². The van der Waals surface area contributed by atoms with Crippen molar-refractivity contribution >= 4 is 17.5 Å². The Balaban J connectivity index is 2.50. The Labute approximate surface area is 120 Å². The van der Waals surface area contributed by atoms with Crippen LogP contribution in [0.1, 0.15) is 6.92 Å². The fourth-order valence-corrected chi connectivity index (χ4v) is 1.56. The Morgan fingerprint density at radius 1 is 1.19 bits per heavy atom. The van der Waals surface area contributed by atoms with Crippen molar-refractivity contribution in [3.05, 3.63) is 29.6 Å². The number of hydrogen-bond donors (Lipinski definition) is 2. The summed E-state index contributed by atoms with van der Waals surface area (Å²) in [6.45, 7) is 2.06. The maximum Gasteiger partial charge on any atom is 0.238 e. The van der Waals surface area contributed by atoms with Crippen LogP contribution in [0.15, 0.2) is 12.1 Å². The van der Waals surface area contributed by atoms with Gasteiger partial charge in [-0.3, -0.25) is 14.5 Å². The molecule has 21 heavy (non-hydrogen) atoms. The van der Waals surface area contributed by atoms with Gasteiger partial charge >= 0.3 is 0 Å². The van der Waals surface area contributed by atoms with Gasteiger partial charge in [-0.1, -0.05) is 0 Å². The molecule has 0 saturated heterocycles. The Morgan fingerprint density at radius 2 is 1.86 bits per heavy atom. The van der Waals surface area contributed by atoms with Crippen LogP contribution >= 0.6 is 0 Å². The molecule has 1 aromatic rings. The van der Waals surface area contributed by atoms with Crippen LogP contribution in [0.4, 0.5) is 18.9 Å². The first kappa shape index (κ1) is 17.0. The van der Waals surface area contributed by atoms with Gasteiger partial charge in [-0.05, 0) is 19.2 Å². The summed E-state index contributed by atoms with van der Waals surface area (Å²) in [5.41, 5.74) is -0.422. The first-order valence-electron chi connectivity index (χ1n) is 6.17. The van der Waals surface area contributed by atoms with E-state index in [4.69, 9.17) is 0 Å². The molecule has 8 heteroatoms. The molecule has 0 bridgehead atoms. The highest BCUT2D eigenvalue weighted by molar-refractivity contribution is 5.92. The number of rotatable bonds is 6. The highest BCUT2D eigenvalue weighted by Crippen LogP contribution is 2.19. The Morgan fingerprint density at radius 3 is 2.48 bits per heavy atom. The number of anilines is 1. The number of carbonyl (C=O) groups excluding carboxylic acids is 2. The number of halogens is 3. The van der Waals surface area contributed by atoms with Crippen LogP contribution in [0, 0.1) is 17.5 Å². The van der Waals surface area contributed by atoms with Gasteiger partial charge in [-0.15, -0.1) is 0 Å². The third-order valence-electron chi connectivity index (χ3n) is 2.59. The molecule has 0 aliphatic carbocycles. The zero-order chi connectivity index (χ0) is 16.0. The summed E-state index contributed by atoms with van der Waals surface area (Å²) in [6.07, 6.45) is 0. The predicted octanol–water partition coefficient (Wildman–Crippen LogP) is 1.11. The Hall–Kier alpha value is -2.09. The summed E-state index contributed by atoms with van der Waals surface area (Å²) >= 11 is 0. The second-order valence-corrected chi connectivity index (χ2v) is 4.49. The van der Waals surface area contributed by atoms with E-state index in [-0.39, 0.29) is 12.5 Å². The van der Waals surface area contributed by atoms with E-state index < -0.39 is 29.0 Å². The van der Waals surface area contributed by atoms with Crippen molar-refractivity contribution in [3.63, 3.8) is 0 Å². The molecular formula is C13H16F3N3O2. The highest BCUT2D eigenvalue weighted by Gasteiger charge is 2.15. The van der Waals surface area contributed by atoms with E-state index in [1.165, 1.54) is 6.92 Å². The second kappa shape index (κ2) is 7.63. The fourth-order valence-electron chi connectivity index (χ4n) is 1.56. The number of benzene rings is 1. The normalized spacial score (nSPS) is 10.6. The molecule has 0 spiro atoms. The molecule has 0 unspecified atom stereocenters. The number of carbonyl (C=O) groups is 2. The highest BCUT2D eigenvalue weighted by atomic mass is 19.2. The molecular weight excluding hydrogens is 287 g/mol. The molecule has 2 amide bonds. The molecule has 0 fully saturated rings. The van der Waals surface area contributed by atoms with Crippen molar-refractivity contribution in [2.75, 3.05) is 32.0 Å². The smallest absolute Gasteiger partial charge is 0.238 e. The van der Waals surface area contributed by atoms with E-state index in [1.807, 2.05) is 0 Å². The van der Waals surface area contributed by atoms with Crippen molar-refractivity contribution in [2.45, 2.75) is 6.92 Å². The predicted molar refractivity (Wildman–Crippen MR) is 71.1 cm³/mol. The van der Waals surface area contributed by atoms with Crippen molar-refractivity contribution in [3.8, 4) is 0 Å². The zero-order valence-corrected chi connectivity index (χ0v) is 11.7. The summed E-state index contributed by atoms with van der Waals surface area (Å²) in [7, 11) is 1.63. The quantitative estimate of drug-likeness (QED) is 0.774. The minimum absolute atomic E-state index is 0.0853. The third kappa shape index (κ3) is 5.42. The molecule has 0 heterocycles. The SMILES string of the molecule is CC(=O)NCCN(C)CC(=O)Nc1ccc(F)c(F)c1F. The van der Waals surface area contributed by atoms with Gasteiger partial charge in [0.15, 0.2) is 17.5 Å². The van der Waals surface area contributed by atoms with Crippen molar-refractivity contribution in [1.82, 2.24) is 10.2 Å². The first-order chi connectivity index (χ1) is 9.81.